The third-order valence-electron chi connectivity index (χ3n) is 7.10. The lowest BCUT2D eigenvalue weighted by Crippen LogP contribution is -2.59. The van der Waals surface area contributed by atoms with Gasteiger partial charge in [-0.2, -0.15) is 0 Å². The smallest absolute Gasteiger partial charge is 0.251 e. The Labute approximate surface area is 138 Å². The lowest BCUT2D eigenvalue weighted by Gasteiger charge is -2.52. The predicted octanol–water partition coefficient (Wildman–Crippen LogP) is 3.65. The van der Waals surface area contributed by atoms with Gasteiger partial charge in [-0.25, -0.2) is 0 Å². The van der Waals surface area contributed by atoms with Crippen LogP contribution in [0.15, 0.2) is 30.3 Å². The van der Waals surface area contributed by atoms with Gasteiger partial charge in [-0.15, -0.1) is 0 Å². The molecule has 0 aromatic heterocycles. The van der Waals surface area contributed by atoms with Crippen LogP contribution in [-0.2, 0) is 4.74 Å². The molecular formula is C20H27NO2. The molecule has 5 atom stereocenters. The van der Waals surface area contributed by atoms with E-state index in [0.717, 1.165) is 18.6 Å². The van der Waals surface area contributed by atoms with Crippen LogP contribution < -0.4 is 5.32 Å². The van der Waals surface area contributed by atoms with Crippen LogP contribution in [0.25, 0.3) is 0 Å². The Hall–Kier alpha value is -1.35. The molecule has 1 aliphatic heterocycles. The van der Waals surface area contributed by atoms with Crippen molar-refractivity contribution in [3.05, 3.63) is 35.9 Å². The first kappa shape index (κ1) is 15.2. The zero-order chi connectivity index (χ0) is 16.2. The number of amides is 1. The van der Waals surface area contributed by atoms with E-state index >= 15 is 0 Å². The van der Waals surface area contributed by atoms with E-state index in [1.807, 2.05) is 30.3 Å². The van der Waals surface area contributed by atoms with Crippen LogP contribution in [0.3, 0.4) is 0 Å². The highest BCUT2D eigenvalue weighted by atomic mass is 16.5. The van der Waals surface area contributed by atoms with Crippen molar-refractivity contribution in [2.45, 2.75) is 52.2 Å². The minimum Gasteiger partial charge on any atom is -0.378 e. The van der Waals surface area contributed by atoms with Gasteiger partial charge in [0.2, 0.25) is 0 Å². The molecule has 23 heavy (non-hydrogen) atoms. The average molecular weight is 313 g/mol. The van der Waals surface area contributed by atoms with E-state index < -0.39 is 0 Å². The van der Waals surface area contributed by atoms with Crippen LogP contribution in [0.4, 0.5) is 0 Å². The fourth-order valence-corrected chi connectivity index (χ4v) is 5.89. The molecule has 1 amide bonds. The molecule has 2 saturated carbocycles. The van der Waals surface area contributed by atoms with Crippen LogP contribution in [0.2, 0.25) is 0 Å². The fourth-order valence-electron chi connectivity index (χ4n) is 5.89. The molecule has 3 fully saturated rings. The summed E-state index contributed by atoms with van der Waals surface area (Å²) in [5, 5.41) is 3.43. The summed E-state index contributed by atoms with van der Waals surface area (Å²) >= 11 is 0. The van der Waals surface area contributed by atoms with Crippen molar-refractivity contribution in [3.63, 3.8) is 0 Å². The van der Waals surface area contributed by atoms with Crippen molar-refractivity contribution >= 4 is 5.91 Å². The van der Waals surface area contributed by atoms with Crippen molar-refractivity contribution in [1.29, 1.82) is 0 Å². The van der Waals surface area contributed by atoms with E-state index in [4.69, 9.17) is 4.74 Å². The highest BCUT2D eigenvalue weighted by Crippen LogP contribution is 2.68. The van der Waals surface area contributed by atoms with Gasteiger partial charge in [-0.3, -0.25) is 4.79 Å². The third-order valence-corrected chi connectivity index (χ3v) is 7.10. The Morgan fingerprint density at radius 2 is 2.00 bits per heavy atom. The molecular weight excluding hydrogens is 286 g/mol. The van der Waals surface area contributed by atoms with Crippen molar-refractivity contribution < 1.29 is 9.53 Å². The van der Waals surface area contributed by atoms with Crippen molar-refractivity contribution in [1.82, 2.24) is 5.32 Å². The maximum absolute atomic E-state index is 12.8. The van der Waals surface area contributed by atoms with Crippen LogP contribution in [0, 0.1) is 22.7 Å². The van der Waals surface area contributed by atoms with Gasteiger partial charge in [-0.1, -0.05) is 32.0 Å². The van der Waals surface area contributed by atoms with Crippen LogP contribution >= 0.6 is 0 Å². The molecule has 1 aromatic rings. The number of fused-ring (bicyclic) bond motifs is 1. The molecule has 1 heterocycles. The number of carbonyl (C=O) groups excluding carboxylic acids is 1. The van der Waals surface area contributed by atoms with Gasteiger partial charge in [0.05, 0.1) is 6.10 Å². The molecule has 3 aliphatic rings. The van der Waals surface area contributed by atoms with E-state index in [1.165, 1.54) is 12.8 Å². The Morgan fingerprint density at radius 3 is 2.74 bits per heavy atom. The number of nitrogens with one attached hydrogen (secondary N) is 1. The summed E-state index contributed by atoms with van der Waals surface area (Å²) < 4.78 is 5.93. The summed E-state index contributed by atoms with van der Waals surface area (Å²) in [7, 11) is 0. The van der Waals surface area contributed by atoms with Crippen molar-refractivity contribution in [3.8, 4) is 0 Å². The fraction of sp³-hybridized carbons (Fsp3) is 0.650. The number of carbonyl (C=O) groups is 1. The van der Waals surface area contributed by atoms with E-state index in [9.17, 15) is 4.79 Å². The van der Waals surface area contributed by atoms with Gasteiger partial charge in [0.15, 0.2) is 0 Å². The van der Waals surface area contributed by atoms with Gasteiger partial charge in [-0.05, 0) is 61.0 Å². The summed E-state index contributed by atoms with van der Waals surface area (Å²) in [6, 6.07) is 9.86. The van der Waals surface area contributed by atoms with E-state index in [0.29, 0.717) is 17.9 Å². The zero-order valence-electron chi connectivity index (χ0n) is 14.3. The maximum atomic E-state index is 12.8. The van der Waals surface area contributed by atoms with Gasteiger partial charge in [0.1, 0.15) is 0 Å². The summed E-state index contributed by atoms with van der Waals surface area (Å²) in [6.07, 6.45) is 3.91. The molecule has 1 spiro atoms. The highest BCUT2D eigenvalue weighted by Gasteiger charge is 2.67. The van der Waals surface area contributed by atoms with Crippen LogP contribution in [-0.4, -0.2) is 24.7 Å². The number of hydrogen-bond acceptors (Lipinski definition) is 2. The number of hydrogen-bond donors (Lipinski definition) is 1. The molecule has 124 valence electrons. The molecule has 2 aliphatic carbocycles. The molecule has 3 nitrogen and oxygen atoms in total. The van der Waals surface area contributed by atoms with E-state index in [2.05, 4.69) is 26.1 Å². The normalized spacial score (nSPS) is 40.7. The Kier molecular flexibility index (Phi) is 3.35. The Balaban J connectivity index is 1.65. The SMILES string of the molecule is C[C@H]1OCC[C@@]23C[C@@H](C[C@H]12)C(C)(C)[C@H]3NC(=O)c1ccccc1. The van der Waals surface area contributed by atoms with Crippen LogP contribution in [0.1, 0.15) is 50.4 Å². The van der Waals surface area contributed by atoms with E-state index in [-0.39, 0.29) is 22.8 Å². The third kappa shape index (κ3) is 2.09. The monoisotopic (exact) mass is 313 g/mol. The molecule has 2 bridgehead atoms. The minimum atomic E-state index is 0.0727. The number of ether oxygens (including phenoxy) is 1. The highest BCUT2D eigenvalue weighted by molar-refractivity contribution is 5.94. The summed E-state index contributed by atoms with van der Waals surface area (Å²) in [5.74, 6) is 1.36. The summed E-state index contributed by atoms with van der Waals surface area (Å²) in [4.78, 5) is 12.8. The molecule has 1 N–H and O–H groups in total. The second-order valence-corrected chi connectivity index (χ2v) is 8.40. The first-order valence-corrected chi connectivity index (χ1v) is 8.93. The topological polar surface area (TPSA) is 38.3 Å². The van der Waals surface area contributed by atoms with Crippen molar-refractivity contribution in [2.75, 3.05) is 6.61 Å². The first-order chi connectivity index (χ1) is 10.9. The molecule has 3 heteroatoms. The van der Waals surface area contributed by atoms with E-state index in [1.54, 1.807) is 0 Å². The second-order valence-electron chi connectivity index (χ2n) is 8.40. The molecule has 1 saturated heterocycles. The van der Waals surface area contributed by atoms with Gasteiger partial charge >= 0.3 is 0 Å². The zero-order valence-corrected chi connectivity index (χ0v) is 14.3. The molecule has 0 unspecified atom stereocenters. The lowest BCUT2D eigenvalue weighted by atomic mass is 9.59. The molecule has 4 rings (SSSR count). The average Bonchev–Trinajstić information content (AvgIpc) is 3.03. The molecule has 0 radical (unpaired) electrons. The number of benzene rings is 1. The Morgan fingerprint density at radius 1 is 1.26 bits per heavy atom. The van der Waals surface area contributed by atoms with Gasteiger partial charge in [0, 0.05) is 18.2 Å². The summed E-state index contributed by atoms with van der Waals surface area (Å²) in [6.45, 7) is 7.74. The summed E-state index contributed by atoms with van der Waals surface area (Å²) in [5.41, 5.74) is 1.16. The first-order valence-electron chi connectivity index (χ1n) is 8.93. The predicted molar refractivity (Wildman–Crippen MR) is 90.2 cm³/mol. The minimum absolute atomic E-state index is 0.0727. The van der Waals surface area contributed by atoms with Crippen molar-refractivity contribution in [2.24, 2.45) is 22.7 Å². The molecule has 1 aromatic carbocycles. The van der Waals surface area contributed by atoms with Gasteiger partial charge < -0.3 is 10.1 Å². The number of rotatable bonds is 2. The quantitative estimate of drug-likeness (QED) is 0.905. The largest absolute Gasteiger partial charge is 0.378 e. The lowest BCUT2D eigenvalue weighted by molar-refractivity contribution is -0.110. The second kappa shape index (κ2) is 5.07. The van der Waals surface area contributed by atoms with Crippen LogP contribution in [0.5, 0.6) is 0 Å². The maximum Gasteiger partial charge on any atom is 0.251 e. The Bertz CT molecular complexity index is 611. The standard InChI is InChI=1S/C20H27NO2/c1-13-16-11-15-12-20(16,9-10-23-13)18(19(15,2)3)21-17(22)14-7-5-4-6-8-14/h4-8,13,15-16,18H,9-12H2,1-3H3,(H,21,22)/t13-,15-,16-,18-,20-/m1/s1. The van der Waals surface area contributed by atoms with Gasteiger partial charge in [0.25, 0.3) is 5.91 Å².